The summed E-state index contributed by atoms with van der Waals surface area (Å²) in [4.78, 5) is 7.99. The van der Waals surface area contributed by atoms with Gasteiger partial charge in [0.15, 0.2) is 0 Å². The zero-order valence-corrected chi connectivity index (χ0v) is 6.41. The van der Waals surface area contributed by atoms with E-state index in [2.05, 4.69) is 23.8 Å². The second-order valence-electron chi connectivity index (χ2n) is 2.44. The van der Waals surface area contributed by atoms with E-state index in [4.69, 9.17) is 0 Å². The summed E-state index contributed by atoms with van der Waals surface area (Å²) in [6.45, 7) is 4.33. The maximum atomic E-state index is 4.14. The van der Waals surface area contributed by atoms with Gasteiger partial charge in [-0.3, -0.25) is 0 Å². The van der Waals surface area contributed by atoms with E-state index in [0.717, 1.165) is 12.1 Å². The van der Waals surface area contributed by atoms with E-state index in [1.807, 2.05) is 6.07 Å². The molecule has 54 valence electrons. The van der Waals surface area contributed by atoms with Crippen molar-refractivity contribution in [1.82, 2.24) is 9.97 Å². The second kappa shape index (κ2) is 3.30. The molecule has 1 heterocycles. The van der Waals surface area contributed by atoms with E-state index in [0.29, 0.717) is 5.92 Å². The Labute approximate surface area is 61.3 Å². The Hall–Kier alpha value is -0.920. The summed E-state index contributed by atoms with van der Waals surface area (Å²) in [5.74, 6) is 0.558. The van der Waals surface area contributed by atoms with E-state index in [-0.39, 0.29) is 0 Å². The van der Waals surface area contributed by atoms with Crippen LogP contribution in [0.5, 0.6) is 0 Å². The molecule has 0 fully saturated rings. The molecule has 0 saturated carbocycles. The lowest BCUT2D eigenvalue weighted by molar-refractivity contribution is 0.704. The molecule has 10 heavy (non-hydrogen) atoms. The second-order valence-corrected chi connectivity index (χ2v) is 2.44. The van der Waals surface area contributed by atoms with Crippen molar-refractivity contribution in [3.63, 3.8) is 0 Å². The topological polar surface area (TPSA) is 25.8 Å². The van der Waals surface area contributed by atoms with Crippen LogP contribution in [0.4, 0.5) is 0 Å². The predicted molar refractivity (Wildman–Crippen MR) is 40.7 cm³/mol. The van der Waals surface area contributed by atoms with Crippen molar-refractivity contribution in [1.29, 1.82) is 0 Å². The minimum atomic E-state index is 0.558. The lowest BCUT2D eigenvalue weighted by Gasteiger charge is -2.04. The minimum absolute atomic E-state index is 0.558. The lowest BCUT2D eigenvalue weighted by atomic mass is 10.1. The van der Waals surface area contributed by atoms with Crippen molar-refractivity contribution in [2.24, 2.45) is 0 Å². The molecule has 0 N–H and O–H groups in total. The van der Waals surface area contributed by atoms with Crippen LogP contribution in [-0.2, 0) is 0 Å². The van der Waals surface area contributed by atoms with Crippen LogP contribution in [0, 0.1) is 0 Å². The predicted octanol–water partition coefficient (Wildman–Crippen LogP) is 1.99. The van der Waals surface area contributed by atoms with Gasteiger partial charge in [-0.25, -0.2) is 9.97 Å². The summed E-state index contributed by atoms with van der Waals surface area (Å²) in [6.07, 6.45) is 4.52. The van der Waals surface area contributed by atoms with Crippen molar-refractivity contribution in [3.05, 3.63) is 24.3 Å². The van der Waals surface area contributed by atoms with E-state index in [1.165, 1.54) is 0 Å². The highest BCUT2D eigenvalue weighted by Gasteiger charge is 2.01. The van der Waals surface area contributed by atoms with Gasteiger partial charge >= 0.3 is 0 Å². The number of nitrogens with zero attached hydrogens (tertiary/aromatic N) is 2. The van der Waals surface area contributed by atoms with Crippen LogP contribution >= 0.6 is 0 Å². The third-order valence-corrected chi connectivity index (χ3v) is 1.72. The minimum Gasteiger partial charge on any atom is -0.245 e. The number of hydrogen-bond acceptors (Lipinski definition) is 2. The molecule has 0 radical (unpaired) electrons. The first-order chi connectivity index (χ1) is 4.84. The Kier molecular flexibility index (Phi) is 2.37. The summed E-state index contributed by atoms with van der Waals surface area (Å²) in [6, 6.07) is 1.97. The largest absolute Gasteiger partial charge is 0.245 e. The highest BCUT2D eigenvalue weighted by molar-refractivity contribution is 5.03. The maximum Gasteiger partial charge on any atom is 0.115 e. The van der Waals surface area contributed by atoms with E-state index in [9.17, 15) is 0 Å². The number of rotatable bonds is 2. The van der Waals surface area contributed by atoms with E-state index >= 15 is 0 Å². The van der Waals surface area contributed by atoms with Crippen LogP contribution in [0.3, 0.4) is 0 Å². The smallest absolute Gasteiger partial charge is 0.115 e. The first-order valence-electron chi connectivity index (χ1n) is 3.60. The summed E-state index contributed by atoms with van der Waals surface area (Å²) < 4.78 is 0. The Bertz CT molecular complexity index is 184. The quantitative estimate of drug-likeness (QED) is 0.621. The van der Waals surface area contributed by atoms with Gasteiger partial charge in [0.2, 0.25) is 0 Å². The van der Waals surface area contributed by atoms with Crippen LogP contribution in [0.25, 0.3) is 0 Å². The van der Waals surface area contributed by atoms with Crippen LogP contribution in [0.15, 0.2) is 18.6 Å². The van der Waals surface area contributed by atoms with Gasteiger partial charge in [-0.2, -0.15) is 0 Å². The summed E-state index contributed by atoms with van der Waals surface area (Å²) in [7, 11) is 0. The molecule has 0 aromatic carbocycles. The van der Waals surface area contributed by atoms with Crippen LogP contribution < -0.4 is 0 Å². The Balaban J connectivity index is 2.75. The number of hydrogen-bond donors (Lipinski definition) is 0. The van der Waals surface area contributed by atoms with Gasteiger partial charge in [-0.05, 0) is 18.4 Å². The lowest BCUT2D eigenvalue weighted by Crippen LogP contribution is -1.94. The van der Waals surface area contributed by atoms with Crippen LogP contribution in [0.1, 0.15) is 31.9 Å². The average Bonchev–Trinajstić information content (AvgIpc) is 2.05. The molecule has 1 atom stereocenters. The van der Waals surface area contributed by atoms with Crippen molar-refractivity contribution in [2.75, 3.05) is 0 Å². The number of aromatic nitrogens is 2. The van der Waals surface area contributed by atoms with Crippen molar-refractivity contribution < 1.29 is 0 Å². The monoisotopic (exact) mass is 136 g/mol. The van der Waals surface area contributed by atoms with Gasteiger partial charge in [0.1, 0.15) is 6.33 Å². The fourth-order valence-electron chi connectivity index (χ4n) is 0.802. The molecule has 1 aromatic rings. The van der Waals surface area contributed by atoms with Gasteiger partial charge in [0, 0.05) is 11.9 Å². The average molecular weight is 136 g/mol. The SMILES string of the molecule is CC[C@H](C)c1ccncn1. The molecule has 1 aromatic heterocycles. The van der Waals surface area contributed by atoms with Crippen LogP contribution in [0.2, 0.25) is 0 Å². The fourth-order valence-corrected chi connectivity index (χ4v) is 0.802. The molecule has 2 nitrogen and oxygen atoms in total. The molecular formula is C8H12N2. The summed E-state index contributed by atoms with van der Waals surface area (Å²) >= 11 is 0. The summed E-state index contributed by atoms with van der Waals surface area (Å²) in [5, 5.41) is 0. The zero-order valence-electron chi connectivity index (χ0n) is 6.41. The molecule has 0 bridgehead atoms. The summed E-state index contributed by atoms with van der Waals surface area (Å²) in [5.41, 5.74) is 1.14. The maximum absolute atomic E-state index is 4.14. The molecule has 2 heteroatoms. The van der Waals surface area contributed by atoms with E-state index in [1.54, 1.807) is 12.5 Å². The molecule has 0 unspecified atom stereocenters. The van der Waals surface area contributed by atoms with Gasteiger partial charge < -0.3 is 0 Å². The highest BCUT2D eigenvalue weighted by atomic mass is 14.8. The molecule has 0 aliphatic carbocycles. The molecule has 0 amide bonds. The molecule has 0 aliphatic rings. The van der Waals surface area contributed by atoms with Crippen LogP contribution in [-0.4, -0.2) is 9.97 Å². The molecule has 1 rings (SSSR count). The molecule has 0 aliphatic heterocycles. The van der Waals surface area contributed by atoms with Gasteiger partial charge in [0.05, 0.1) is 0 Å². The van der Waals surface area contributed by atoms with E-state index < -0.39 is 0 Å². The highest BCUT2D eigenvalue weighted by Crippen LogP contribution is 2.13. The Morgan fingerprint density at radius 1 is 1.60 bits per heavy atom. The van der Waals surface area contributed by atoms with Crippen molar-refractivity contribution >= 4 is 0 Å². The van der Waals surface area contributed by atoms with Gasteiger partial charge in [0.25, 0.3) is 0 Å². The molecule has 0 spiro atoms. The zero-order chi connectivity index (χ0) is 7.40. The third-order valence-electron chi connectivity index (χ3n) is 1.72. The van der Waals surface area contributed by atoms with Gasteiger partial charge in [-0.1, -0.05) is 13.8 Å². The first-order valence-corrected chi connectivity index (χ1v) is 3.60. The Morgan fingerprint density at radius 3 is 2.90 bits per heavy atom. The third kappa shape index (κ3) is 1.53. The first kappa shape index (κ1) is 7.19. The van der Waals surface area contributed by atoms with Crippen molar-refractivity contribution in [3.8, 4) is 0 Å². The van der Waals surface area contributed by atoms with Gasteiger partial charge in [-0.15, -0.1) is 0 Å². The molecule has 0 saturated heterocycles. The van der Waals surface area contributed by atoms with Crippen molar-refractivity contribution in [2.45, 2.75) is 26.2 Å². The normalized spacial score (nSPS) is 13.0. The fraction of sp³-hybridized carbons (Fsp3) is 0.500. The Morgan fingerprint density at radius 2 is 2.40 bits per heavy atom. The standard InChI is InChI=1S/C8H12N2/c1-3-7(2)8-4-5-9-6-10-8/h4-7H,3H2,1-2H3/t7-/m0/s1. The molecular weight excluding hydrogens is 124 g/mol.